The van der Waals surface area contributed by atoms with Crippen LogP contribution in [0.5, 0.6) is 5.75 Å². The second kappa shape index (κ2) is 5.60. The van der Waals surface area contributed by atoms with Gasteiger partial charge in [-0.15, -0.1) is 0 Å². The molecule has 2 heterocycles. The molecule has 7 nitrogen and oxygen atoms in total. The lowest BCUT2D eigenvalue weighted by Crippen LogP contribution is -2.60. The lowest BCUT2D eigenvalue weighted by atomic mass is 10.1. The first-order valence-corrected chi connectivity index (χ1v) is 7.02. The van der Waals surface area contributed by atoms with Crippen LogP contribution in [0.15, 0.2) is 12.1 Å². The van der Waals surface area contributed by atoms with Crippen molar-refractivity contribution in [2.75, 3.05) is 23.9 Å². The van der Waals surface area contributed by atoms with Crippen LogP contribution in [0.4, 0.5) is 33.7 Å². The van der Waals surface area contributed by atoms with E-state index < -0.39 is 48.0 Å². The van der Waals surface area contributed by atoms with Crippen molar-refractivity contribution >= 4 is 29.2 Å². The topological polar surface area (TPSA) is 79.0 Å². The minimum atomic E-state index is -4.79. The Morgan fingerprint density at radius 2 is 1.92 bits per heavy atom. The van der Waals surface area contributed by atoms with Crippen LogP contribution in [-0.4, -0.2) is 48.6 Å². The number of rotatable bonds is 1. The van der Waals surface area contributed by atoms with Crippen molar-refractivity contribution < 1.29 is 36.7 Å². The van der Waals surface area contributed by atoms with E-state index in [0.717, 1.165) is 19.2 Å². The summed E-state index contributed by atoms with van der Waals surface area (Å²) in [5, 5.41) is 2.37. The maximum Gasteiger partial charge on any atom is 0.409 e. The van der Waals surface area contributed by atoms with Crippen molar-refractivity contribution in [2.45, 2.75) is 18.6 Å². The molecule has 0 bridgehead atoms. The van der Waals surface area contributed by atoms with E-state index in [4.69, 9.17) is 4.74 Å². The first-order chi connectivity index (χ1) is 11.6. The fourth-order valence-electron chi connectivity index (χ4n) is 2.63. The summed E-state index contributed by atoms with van der Waals surface area (Å²) < 4.78 is 58.0. The lowest BCUT2D eigenvalue weighted by molar-refractivity contribution is -0.179. The molecule has 3 rings (SSSR count). The quantitative estimate of drug-likeness (QED) is 0.775. The lowest BCUT2D eigenvalue weighted by Gasteiger charge is -2.38. The van der Waals surface area contributed by atoms with Crippen molar-refractivity contribution in [3.8, 4) is 5.75 Å². The molecule has 4 amide bonds. The number of benzene rings is 1. The molecule has 1 fully saturated rings. The number of amides is 4. The first kappa shape index (κ1) is 17.0. The van der Waals surface area contributed by atoms with Gasteiger partial charge in [0.2, 0.25) is 5.91 Å². The first-order valence-electron chi connectivity index (χ1n) is 7.02. The molecule has 1 atom stereocenters. The highest BCUT2D eigenvalue weighted by atomic mass is 19.4. The van der Waals surface area contributed by atoms with Gasteiger partial charge in [0.05, 0.1) is 17.8 Å². The molecule has 11 heteroatoms. The third-order valence-electron chi connectivity index (χ3n) is 3.88. The van der Waals surface area contributed by atoms with Crippen LogP contribution >= 0.6 is 0 Å². The summed E-state index contributed by atoms with van der Waals surface area (Å²) in [6.07, 6.45) is -5.83. The van der Waals surface area contributed by atoms with Gasteiger partial charge in [0.15, 0.2) is 12.4 Å². The number of hydrogen-bond donors (Lipinski definition) is 1. The van der Waals surface area contributed by atoms with Crippen LogP contribution in [0.25, 0.3) is 0 Å². The van der Waals surface area contributed by atoms with Crippen molar-refractivity contribution in [1.82, 2.24) is 4.90 Å². The number of fused-ring (bicyclic) bond motifs is 1. The van der Waals surface area contributed by atoms with E-state index in [2.05, 4.69) is 5.32 Å². The molecule has 134 valence electrons. The van der Waals surface area contributed by atoms with Crippen LogP contribution < -0.4 is 15.0 Å². The minimum absolute atomic E-state index is 0.00819. The zero-order valence-corrected chi connectivity index (χ0v) is 12.7. The van der Waals surface area contributed by atoms with Crippen LogP contribution in [0.2, 0.25) is 0 Å². The van der Waals surface area contributed by atoms with E-state index in [1.54, 1.807) is 0 Å². The number of imide groups is 1. The van der Waals surface area contributed by atoms with E-state index in [-0.39, 0.29) is 18.0 Å². The zero-order chi connectivity index (χ0) is 18.5. The Morgan fingerprint density at radius 3 is 2.56 bits per heavy atom. The van der Waals surface area contributed by atoms with Crippen LogP contribution in [0, 0.1) is 5.82 Å². The molecule has 0 aliphatic carbocycles. The van der Waals surface area contributed by atoms with Gasteiger partial charge in [-0.25, -0.2) is 14.1 Å². The fourth-order valence-corrected chi connectivity index (χ4v) is 2.63. The number of ether oxygens (including phenoxy) is 1. The Labute approximate surface area is 138 Å². The highest BCUT2D eigenvalue weighted by Crippen LogP contribution is 2.38. The van der Waals surface area contributed by atoms with Gasteiger partial charge in [0, 0.05) is 13.1 Å². The molecule has 0 spiro atoms. The number of nitrogens with zero attached hydrogens (tertiary/aromatic N) is 2. The molecular weight excluding hydrogens is 350 g/mol. The van der Waals surface area contributed by atoms with Gasteiger partial charge in [-0.3, -0.25) is 9.59 Å². The fraction of sp³-hybridized carbons (Fsp3) is 0.357. The summed E-state index contributed by atoms with van der Waals surface area (Å²) in [6.45, 7) is -0.330. The van der Waals surface area contributed by atoms with Gasteiger partial charge in [0.25, 0.3) is 5.91 Å². The Bertz CT molecular complexity index is 780. The van der Waals surface area contributed by atoms with Crippen molar-refractivity contribution in [3.05, 3.63) is 17.9 Å². The normalized spacial score (nSPS) is 21.0. The van der Waals surface area contributed by atoms with E-state index in [0.29, 0.717) is 9.80 Å². The van der Waals surface area contributed by atoms with Crippen LogP contribution in [-0.2, 0) is 9.59 Å². The standard InChI is InChI=1S/C14H11F4N3O4/c1-20-10(14(16,17)18)4-12(23)21(13(20)24)8-3-7-9(2-6(8)15)25-5-11(22)19-7/h2-3,10H,4-5H2,1H3,(H,19,22). The minimum Gasteiger partial charge on any atom is -0.481 e. The van der Waals surface area contributed by atoms with E-state index in [1.165, 1.54) is 0 Å². The zero-order valence-electron chi connectivity index (χ0n) is 12.7. The van der Waals surface area contributed by atoms with Crippen LogP contribution in [0.3, 0.4) is 0 Å². The Balaban J connectivity index is 1.99. The molecule has 2 aliphatic heterocycles. The molecule has 1 saturated heterocycles. The number of hydrogen-bond acceptors (Lipinski definition) is 4. The molecule has 0 radical (unpaired) electrons. The molecular formula is C14H11F4N3O4. The highest BCUT2D eigenvalue weighted by Gasteiger charge is 2.51. The third-order valence-corrected chi connectivity index (χ3v) is 3.88. The van der Waals surface area contributed by atoms with Crippen molar-refractivity contribution in [2.24, 2.45) is 0 Å². The van der Waals surface area contributed by atoms with E-state index in [9.17, 15) is 31.9 Å². The molecule has 1 N–H and O–H groups in total. The molecule has 1 unspecified atom stereocenters. The average molecular weight is 361 g/mol. The average Bonchev–Trinajstić information content (AvgIpc) is 2.50. The number of nitrogens with one attached hydrogen (secondary N) is 1. The van der Waals surface area contributed by atoms with Gasteiger partial charge in [0.1, 0.15) is 11.8 Å². The largest absolute Gasteiger partial charge is 0.481 e. The molecule has 25 heavy (non-hydrogen) atoms. The second-order valence-electron chi connectivity index (χ2n) is 5.52. The van der Waals surface area contributed by atoms with Crippen molar-refractivity contribution in [1.29, 1.82) is 0 Å². The predicted octanol–water partition coefficient (Wildman–Crippen LogP) is 1.88. The van der Waals surface area contributed by atoms with Crippen molar-refractivity contribution in [3.63, 3.8) is 0 Å². The number of anilines is 2. The predicted molar refractivity (Wildman–Crippen MR) is 75.6 cm³/mol. The van der Waals surface area contributed by atoms with E-state index in [1.807, 2.05) is 0 Å². The molecule has 0 saturated carbocycles. The monoisotopic (exact) mass is 361 g/mol. The molecule has 0 aromatic heterocycles. The van der Waals surface area contributed by atoms with Gasteiger partial charge < -0.3 is 15.0 Å². The molecule has 2 aliphatic rings. The van der Waals surface area contributed by atoms with Gasteiger partial charge in [-0.05, 0) is 6.07 Å². The Morgan fingerprint density at radius 1 is 1.24 bits per heavy atom. The summed E-state index contributed by atoms with van der Waals surface area (Å²) in [5.74, 6) is -2.79. The maximum absolute atomic E-state index is 14.3. The smallest absolute Gasteiger partial charge is 0.409 e. The second-order valence-corrected chi connectivity index (χ2v) is 5.52. The number of carbonyl (C=O) groups is 3. The summed E-state index contributed by atoms with van der Waals surface area (Å²) in [4.78, 5) is 36.3. The van der Waals surface area contributed by atoms with Gasteiger partial charge in [-0.2, -0.15) is 13.2 Å². The number of alkyl halides is 3. The summed E-state index contributed by atoms with van der Waals surface area (Å²) >= 11 is 0. The number of carbonyl (C=O) groups excluding carboxylic acids is 3. The number of halogens is 4. The summed E-state index contributed by atoms with van der Waals surface area (Å²) in [5.41, 5.74) is -0.555. The van der Waals surface area contributed by atoms with Crippen LogP contribution in [0.1, 0.15) is 6.42 Å². The van der Waals surface area contributed by atoms with Gasteiger partial charge in [-0.1, -0.05) is 0 Å². The Hall–Kier alpha value is -2.85. The molecule has 1 aromatic rings. The van der Waals surface area contributed by atoms with Gasteiger partial charge >= 0.3 is 12.2 Å². The molecule has 1 aromatic carbocycles. The third kappa shape index (κ3) is 2.85. The SMILES string of the molecule is CN1C(=O)N(c2cc3c(cc2F)OCC(=O)N3)C(=O)CC1C(F)(F)F. The summed E-state index contributed by atoms with van der Waals surface area (Å²) in [6, 6.07) is -1.78. The number of urea groups is 1. The summed E-state index contributed by atoms with van der Waals surface area (Å²) in [7, 11) is 0.876. The Kier molecular flexibility index (Phi) is 3.81. The maximum atomic E-state index is 14.3. The van der Waals surface area contributed by atoms with E-state index >= 15 is 0 Å². The highest BCUT2D eigenvalue weighted by molar-refractivity contribution is 6.16.